The van der Waals surface area contributed by atoms with Crippen molar-refractivity contribution in [2.24, 2.45) is 5.73 Å². The summed E-state index contributed by atoms with van der Waals surface area (Å²) >= 11 is 0. The molecule has 1 aromatic heterocycles. The van der Waals surface area contributed by atoms with Crippen LogP contribution in [0.15, 0.2) is 24.4 Å². The molecule has 2 aromatic rings. The molecule has 0 fully saturated rings. The molecule has 4 nitrogen and oxygen atoms in total. The molecule has 0 saturated carbocycles. The maximum absolute atomic E-state index is 12.8. The fourth-order valence-electron chi connectivity index (χ4n) is 1.51. The van der Waals surface area contributed by atoms with E-state index in [0.717, 1.165) is 0 Å². The number of H-pyrrole nitrogens is 1. The van der Waals surface area contributed by atoms with Crippen LogP contribution in [0.4, 0.5) is 4.39 Å². The number of aromatic amines is 1. The summed E-state index contributed by atoms with van der Waals surface area (Å²) in [5.41, 5.74) is 6.47. The minimum Gasteiger partial charge on any atom is -0.480 e. The Labute approximate surface area is 84.5 Å². The number of rotatable bonds is 2. The van der Waals surface area contributed by atoms with E-state index in [1.807, 2.05) is 0 Å². The van der Waals surface area contributed by atoms with Gasteiger partial charge in [-0.3, -0.25) is 4.79 Å². The Balaban J connectivity index is 2.59. The lowest BCUT2D eigenvalue weighted by atomic mass is 10.1. The van der Waals surface area contributed by atoms with E-state index in [9.17, 15) is 9.18 Å². The van der Waals surface area contributed by atoms with Crippen molar-refractivity contribution in [3.8, 4) is 0 Å². The Morgan fingerprint density at radius 2 is 2.27 bits per heavy atom. The molecule has 15 heavy (non-hydrogen) atoms. The number of hydrogen-bond donors (Lipinski definition) is 3. The van der Waals surface area contributed by atoms with Crippen LogP contribution in [0.1, 0.15) is 11.6 Å². The highest BCUT2D eigenvalue weighted by atomic mass is 19.1. The standard InChI is InChI=1S/C10H9FN2O2/c11-5-1-2-6-7(9(12)10(14)15)4-13-8(6)3-5/h1-4,9,13H,12H2,(H,14,15)/t9-/m0/s1. The molecule has 0 aliphatic heterocycles. The van der Waals surface area contributed by atoms with Gasteiger partial charge >= 0.3 is 5.97 Å². The summed E-state index contributed by atoms with van der Waals surface area (Å²) in [6.07, 6.45) is 1.49. The first-order valence-electron chi connectivity index (χ1n) is 4.34. The van der Waals surface area contributed by atoms with Gasteiger partial charge in [0.1, 0.15) is 11.9 Å². The molecule has 0 radical (unpaired) electrons. The summed E-state index contributed by atoms with van der Waals surface area (Å²) in [7, 11) is 0. The summed E-state index contributed by atoms with van der Waals surface area (Å²) < 4.78 is 12.8. The minimum atomic E-state index is -1.11. The van der Waals surface area contributed by atoms with Gasteiger partial charge in [0.25, 0.3) is 0 Å². The van der Waals surface area contributed by atoms with Crippen molar-refractivity contribution in [1.29, 1.82) is 0 Å². The van der Waals surface area contributed by atoms with Gasteiger partial charge in [-0.25, -0.2) is 4.39 Å². The molecule has 1 atom stereocenters. The van der Waals surface area contributed by atoms with Gasteiger partial charge in [0.05, 0.1) is 0 Å². The fourth-order valence-corrected chi connectivity index (χ4v) is 1.51. The number of carbonyl (C=O) groups is 1. The zero-order valence-corrected chi connectivity index (χ0v) is 7.70. The molecule has 0 aliphatic carbocycles. The molecule has 1 heterocycles. The zero-order valence-electron chi connectivity index (χ0n) is 7.70. The van der Waals surface area contributed by atoms with E-state index < -0.39 is 12.0 Å². The van der Waals surface area contributed by atoms with Crippen LogP contribution in [0.25, 0.3) is 10.9 Å². The predicted molar refractivity (Wildman–Crippen MR) is 52.8 cm³/mol. The number of benzene rings is 1. The van der Waals surface area contributed by atoms with Crippen LogP contribution in [-0.4, -0.2) is 16.1 Å². The number of aliphatic carboxylic acids is 1. The lowest BCUT2D eigenvalue weighted by Gasteiger charge is -2.03. The largest absolute Gasteiger partial charge is 0.480 e. The van der Waals surface area contributed by atoms with E-state index in [4.69, 9.17) is 10.8 Å². The first kappa shape index (κ1) is 9.67. The van der Waals surface area contributed by atoms with Crippen molar-refractivity contribution >= 4 is 16.9 Å². The molecule has 0 saturated heterocycles. The van der Waals surface area contributed by atoms with Crippen LogP contribution in [0, 0.1) is 5.82 Å². The summed E-state index contributed by atoms with van der Waals surface area (Å²) in [6, 6.07) is 2.99. The molecular formula is C10H9FN2O2. The van der Waals surface area contributed by atoms with Crippen molar-refractivity contribution in [3.63, 3.8) is 0 Å². The van der Waals surface area contributed by atoms with Crippen LogP contribution in [0.5, 0.6) is 0 Å². The molecule has 0 spiro atoms. The Morgan fingerprint density at radius 3 is 2.93 bits per heavy atom. The van der Waals surface area contributed by atoms with Gasteiger partial charge in [-0.1, -0.05) is 0 Å². The van der Waals surface area contributed by atoms with Gasteiger partial charge < -0.3 is 15.8 Å². The summed E-state index contributed by atoms with van der Waals surface area (Å²) in [5, 5.41) is 9.39. The van der Waals surface area contributed by atoms with Gasteiger partial charge in [-0.2, -0.15) is 0 Å². The summed E-state index contributed by atoms with van der Waals surface area (Å²) in [6.45, 7) is 0. The molecular weight excluding hydrogens is 199 g/mol. The molecule has 1 aromatic carbocycles. The predicted octanol–water partition coefficient (Wildman–Crippen LogP) is 1.39. The average molecular weight is 208 g/mol. The normalized spacial score (nSPS) is 12.9. The Morgan fingerprint density at radius 1 is 1.53 bits per heavy atom. The molecule has 4 N–H and O–H groups in total. The fraction of sp³-hybridized carbons (Fsp3) is 0.100. The zero-order chi connectivity index (χ0) is 11.0. The van der Waals surface area contributed by atoms with Gasteiger partial charge in [-0.15, -0.1) is 0 Å². The third-order valence-corrected chi connectivity index (χ3v) is 2.28. The highest BCUT2D eigenvalue weighted by Gasteiger charge is 2.18. The number of aromatic nitrogens is 1. The van der Waals surface area contributed by atoms with Gasteiger partial charge in [-0.05, 0) is 18.2 Å². The molecule has 0 unspecified atom stereocenters. The Bertz CT molecular complexity index is 521. The first-order chi connectivity index (χ1) is 7.09. The number of carboxylic acid groups (broad SMARTS) is 1. The third-order valence-electron chi connectivity index (χ3n) is 2.28. The van der Waals surface area contributed by atoms with E-state index in [-0.39, 0.29) is 5.82 Å². The number of hydrogen-bond acceptors (Lipinski definition) is 2. The molecule has 0 aliphatic rings. The van der Waals surface area contributed by atoms with E-state index in [1.165, 1.54) is 24.4 Å². The van der Waals surface area contributed by atoms with Gasteiger partial charge in [0.15, 0.2) is 0 Å². The topological polar surface area (TPSA) is 79.1 Å². The SMILES string of the molecule is N[C@H](C(=O)O)c1c[nH]c2cc(F)ccc12. The highest BCUT2D eigenvalue weighted by molar-refractivity contribution is 5.88. The van der Waals surface area contributed by atoms with Crippen molar-refractivity contribution in [2.45, 2.75) is 6.04 Å². The third kappa shape index (κ3) is 1.57. The number of nitrogens with two attached hydrogens (primary N) is 1. The molecule has 78 valence electrons. The minimum absolute atomic E-state index is 0.375. The molecule has 0 amide bonds. The van der Waals surface area contributed by atoms with Crippen molar-refractivity contribution < 1.29 is 14.3 Å². The van der Waals surface area contributed by atoms with Gasteiger partial charge in [0, 0.05) is 22.7 Å². The average Bonchev–Trinajstić information content (AvgIpc) is 2.59. The van der Waals surface area contributed by atoms with Crippen LogP contribution < -0.4 is 5.73 Å². The second kappa shape index (κ2) is 3.36. The maximum Gasteiger partial charge on any atom is 0.325 e. The highest BCUT2D eigenvalue weighted by Crippen LogP contribution is 2.23. The van der Waals surface area contributed by atoms with Crippen LogP contribution in [0.2, 0.25) is 0 Å². The monoisotopic (exact) mass is 208 g/mol. The Kier molecular flexibility index (Phi) is 2.17. The van der Waals surface area contributed by atoms with Crippen molar-refractivity contribution in [3.05, 3.63) is 35.8 Å². The van der Waals surface area contributed by atoms with Crippen LogP contribution in [-0.2, 0) is 4.79 Å². The second-order valence-corrected chi connectivity index (χ2v) is 3.25. The number of fused-ring (bicyclic) bond motifs is 1. The lowest BCUT2D eigenvalue weighted by Crippen LogP contribution is -2.20. The quantitative estimate of drug-likeness (QED) is 0.697. The Hall–Kier alpha value is -1.88. The second-order valence-electron chi connectivity index (χ2n) is 3.25. The number of nitrogens with one attached hydrogen (secondary N) is 1. The molecule has 2 rings (SSSR count). The van der Waals surface area contributed by atoms with Gasteiger partial charge in [0.2, 0.25) is 0 Å². The van der Waals surface area contributed by atoms with E-state index >= 15 is 0 Å². The number of halogens is 1. The van der Waals surface area contributed by atoms with Crippen LogP contribution >= 0.6 is 0 Å². The lowest BCUT2D eigenvalue weighted by molar-refractivity contribution is -0.138. The van der Waals surface area contributed by atoms with E-state index in [0.29, 0.717) is 16.5 Å². The molecule has 5 heteroatoms. The van der Waals surface area contributed by atoms with Crippen LogP contribution in [0.3, 0.4) is 0 Å². The van der Waals surface area contributed by atoms with Crippen molar-refractivity contribution in [1.82, 2.24) is 4.98 Å². The summed E-state index contributed by atoms with van der Waals surface area (Å²) in [4.78, 5) is 13.5. The van der Waals surface area contributed by atoms with E-state index in [1.54, 1.807) is 0 Å². The smallest absolute Gasteiger partial charge is 0.325 e. The maximum atomic E-state index is 12.8. The number of carboxylic acids is 1. The van der Waals surface area contributed by atoms with Crippen molar-refractivity contribution in [2.75, 3.05) is 0 Å². The molecule has 0 bridgehead atoms. The summed E-state index contributed by atoms with van der Waals surface area (Å²) in [5.74, 6) is -1.49. The first-order valence-corrected chi connectivity index (χ1v) is 4.34. The van der Waals surface area contributed by atoms with E-state index in [2.05, 4.69) is 4.98 Å².